The van der Waals surface area contributed by atoms with Crippen molar-refractivity contribution in [3.63, 3.8) is 0 Å². The number of rotatable bonds is 4. The molecule has 1 atom stereocenters. The molecule has 0 saturated heterocycles. The van der Waals surface area contributed by atoms with Gasteiger partial charge in [-0.1, -0.05) is 24.6 Å². The van der Waals surface area contributed by atoms with E-state index in [9.17, 15) is 4.39 Å². The van der Waals surface area contributed by atoms with E-state index >= 15 is 0 Å². The summed E-state index contributed by atoms with van der Waals surface area (Å²) in [7, 11) is 1.88. The Morgan fingerprint density at radius 2 is 2.22 bits per heavy atom. The van der Waals surface area contributed by atoms with E-state index in [0.29, 0.717) is 0 Å². The van der Waals surface area contributed by atoms with Gasteiger partial charge in [-0.2, -0.15) is 5.10 Å². The molecule has 1 heterocycles. The van der Waals surface area contributed by atoms with E-state index in [2.05, 4.69) is 10.4 Å². The number of aryl methyl sites for hydroxylation is 1. The summed E-state index contributed by atoms with van der Waals surface area (Å²) < 4.78 is 15.0. The maximum Gasteiger partial charge on any atom is 0.141 e. The fourth-order valence-electron chi connectivity index (χ4n) is 1.96. The van der Waals surface area contributed by atoms with Crippen molar-refractivity contribution in [3.8, 4) is 0 Å². The van der Waals surface area contributed by atoms with E-state index in [1.165, 1.54) is 6.07 Å². The summed E-state index contributed by atoms with van der Waals surface area (Å²) in [5.74, 6) is -0.402. The molecular weight excluding hydrogens is 253 g/mol. The Bertz CT molecular complexity index is 539. The molecule has 0 aliphatic carbocycles. The van der Waals surface area contributed by atoms with Crippen LogP contribution in [0.4, 0.5) is 4.39 Å². The van der Waals surface area contributed by atoms with Crippen LogP contribution in [-0.4, -0.2) is 16.3 Å². The highest BCUT2D eigenvalue weighted by Crippen LogP contribution is 2.25. The van der Waals surface area contributed by atoms with Crippen LogP contribution in [0, 0.1) is 5.82 Å². The maximum absolute atomic E-state index is 13.2. The lowest BCUT2D eigenvalue weighted by Gasteiger charge is -2.19. The van der Waals surface area contributed by atoms with Crippen LogP contribution < -0.4 is 5.32 Å². The maximum atomic E-state index is 13.2. The van der Waals surface area contributed by atoms with E-state index in [-0.39, 0.29) is 11.1 Å². The highest BCUT2D eigenvalue weighted by atomic mass is 35.5. The zero-order valence-electron chi connectivity index (χ0n) is 10.3. The summed E-state index contributed by atoms with van der Waals surface area (Å²) in [6.07, 6.45) is 1.74. The number of hydrogen-bond donors (Lipinski definition) is 1. The summed E-state index contributed by atoms with van der Waals surface area (Å²) in [4.78, 5) is 0. The lowest BCUT2D eigenvalue weighted by Crippen LogP contribution is -2.24. The molecule has 1 N–H and O–H groups in total. The second-order valence-corrected chi connectivity index (χ2v) is 4.45. The van der Waals surface area contributed by atoms with Gasteiger partial charge in [0.05, 0.1) is 16.8 Å². The van der Waals surface area contributed by atoms with E-state index in [1.807, 2.05) is 20.0 Å². The third-order valence-corrected chi connectivity index (χ3v) is 3.13. The number of nitrogens with zero attached hydrogens (tertiary/aromatic N) is 2. The van der Waals surface area contributed by atoms with Gasteiger partial charge >= 0.3 is 0 Å². The van der Waals surface area contributed by atoms with Crippen molar-refractivity contribution in [1.29, 1.82) is 0 Å². The molecule has 0 saturated carbocycles. The smallest absolute Gasteiger partial charge is 0.141 e. The van der Waals surface area contributed by atoms with Gasteiger partial charge in [0, 0.05) is 13.2 Å². The van der Waals surface area contributed by atoms with E-state index in [0.717, 1.165) is 17.8 Å². The second kappa shape index (κ2) is 5.50. The number of benzene rings is 1. The second-order valence-electron chi connectivity index (χ2n) is 4.04. The monoisotopic (exact) mass is 267 g/mol. The Labute approximate surface area is 111 Å². The van der Waals surface area contributed by atoms with Crippen molar-refractivity contribution in [2.45, 2.75) is 13.0 Å². The molecule has 3 nitrogen and oxygen atoms in total. The van der Waals surface area contributed by atoms with Gasteiger partial charge < -0.3 is 5.32 Å². The van der Waals surface area contributed by atoms with Crippen LogP contribution in [0.3, 0.4) is 0 Å². The lowest BCUT2D eigenvalue weighted by atomic mass is 10.0. The van der Waals surface area contributed by atoms with Gasteiger partial charge in [0.15, 0.2) is 0 Å². The van der Waals surface area contributed by atoms with Crippen LogP contribution in [0.2, 0.25) is 5.02 Å². The summed E-state index contributed by atoms with van der Waals surface area (Å²) in [6.45, 7) is 2.82. The third-order valence-electron chi connectivity index (χ3n) is 2.84. The van der Waals surface area contributed by atoms with Crippen molar-refractivity contribution >= 4 is 11.6 Å². The third kappa shape index (κ3) is 2.54. The average molecular weight is 268 g/mol. The first-order chi connectivity index (χ1) is 8.63. The van der Waals surface area contributed by atoms with Gasteiger partial charge in [0.1, 0.15) is 5.82 Å². The van der Waals surface area contributed by atoms with Gasteiger partial charge in [-0.3, -0.25) is 4.68 Å². The molecule has 0 bridgehead atoms. The Balaban J connectivity index is 2.41. The summed E-state index contributed by atoms with van der Waals surface area (Å²) >= 11 is 5.83. The van der Waals surface area contributed by atoms with E-state index in [4.69, 9.17) is 11.6 Å². The van der Waals surface area contributed by atoms with Crippen LogP contribution in [0.1, 0.15) is 24.2 Å². The minimum Gasteiger partial charge on any atom is -0.305 e. The Morgan fingerprint density at radius 3 is 2.78 bits per heavy atom. The molecule has 0 spiro atoms. The molecular formula is C13H15ClFN3. The quantitative estimate of drug-likeness (QED) is 0.923. The first-order valence-electron chi connectivity index (χ1n) is 5.79. The van der Waals surface area contributed by atoms with Gasteiger partial charge in [0.25, 0.3) is 0 Å². The fraction of sp³-hybridized carbons (Fsp3) is 0.308. The Hall–Kier alpha value is -1.39. The van der Waals surface area contributed by atoms with Gasteiger partial charge in [-0.15, -0.1) is 0 Å². The van der Waals surface area contributed by atoms with E-state index in [1.54, 1.807) is 23.0 Å². The molecule has 0 radical (unpaired) electrons. The molecule has 5 heteroatoms. The number of halogens is 2. The predicted octanol–water partition coefficient (Wildman–Crippen LogP) is 2.91. The summed E-state index contributed by atoms with van der Waals surface area (Å²) in [5, 5.41) is 7.64. The van der Waals surface area contributed by atoms with Crippen LogP contribution in [-0.2, 0) is 7.05 Å². The first-order valence-corrected chi connectivity index (χ1v) is 6.17. The van der Waals surface area contributed by atoms with Gasteiger partial charge in [-0.25, -0.2) is 4.39 Å². The molecule has 0 amide bonds. The van der Waals surface area contributed by atoms with Crippen molar-refractivity contribution in [3.05, 3.63) is 52.6 Å². The minimum atomic E-state index is -0.402. The zero-order valence-corrected chi connectivity index (χ0v) is 11.1. The molecule has 1 aromatic carbocycles. The minimum absolute atomic E-state index is 0.0411. The molecule has 2 aromatic rings. The standard InChI is InChI=1S/C13H15ClFN3/c1-3-16-13(12-6-7-17-18(12)2)9-4-5-11(15)10(14)8-9/h4-8,13,16H,3H2,1-2H3. The van der Waals surface area contributed by atoms with Crippen molar-refractivity contribution < 1.29 is 4.39 Å². The van der Waals surface area contributed by atoms with Crippen molar-refractivity contribution in [1.82, 2.24) is 15.1 Å². The molecule has 1 unspecified atom stereocenters. The Kier molecular flexibility index (Phi) is 3.99. The Morgan fingerprint density at radius 1 is 1.44 bits per heavy atom. The van der Waals surface area contributed by atoms with E-state index < -0.39 is 5.82 Å². The molecule has 18 heavy (non-hydrogen) atoms. The lowest BCUT2D eigenvalue weighted by molar-refractivity contribution is 0.570. The van der Waals surface area contributed by atoms with Crippen molar-refractivity contribution in [2.24, 2.45) is 7.05 Å². The van der Waals surface area contributed by atoms with Crippen LogP contribution in [0.5, 0.6) is 0 Å². The number of aromatic nitrogens is 2. The van der Waals surface area contributed by atoms with Gasteiger partial charge in [0.2, 0.25) is 0 Å². The highest BCUT2D eigenvalue weighted by molar-refractivity contribution is 6.30. The molecule has 0 aliphatic heterocycles. The number of hydrogen-bond acceptors (Lipinski definition) is 2. The topological polar surface area (TPSA) is 29.9 Å². The molecule has 0 aliphatic rings. The normalized spacial score (nSPS) is 12.7. The molecule has 0 fully saturated rings. The van der Waals surface area contributed by atoms with Crippen LogP contribution in [0.25, 0.3) is 0 Å². The predicted molar refractivity (Wildman–Crippen MR) is 70.1 cm³/mol. The summed E-state index contributed by atoms with van der Waals surface area (Å²) in [5.41, 5.74) is 1.94. The SMILES string of the molecule is CCNC(c1ccc(F)c(Cl)c1)c1ccnn1C. The fourth-order valence-corrected chi connectivity index (χ4v) is 2.15. The van der Waals surface area contributed by atoms with Gasteiger partial charge in [-0.05, 0) is 30.3 Å². The molecule has 96 valence electrons. The average Bonchev–Trinajstić information content (AvgIpc) is 2.76. The van der Waals surface area contributed by atoms with Crippen molar-refractivity contribution in [2.75, 3.05) is 6.54 Å². The molecule has 1 aromatic heterocycles. The summed E-state index contributed by atoms with van der Waals surface area (Å²) in [6, 6.07) is 6.67. The van der Waals surface area contributed by atoms with Crippen LogP contribution >= 0.6 is 11.6 Å². The van der Waals surface area contributed by atoms with Crippen LogP contribution in [0.15, 0.2) is 30.5 Å². The largest absolute Gasteiger partial charge is 0.305 e. The molecule has 2 rings (SSSR count). The zero-order chi connectivity index (χ0) is 13.1. The first kappa shape index (κ1) is 13.1. The number of nitrogens with one attached hydrogen (secondary N) is 1. The highest BCUT2D eigenvalue weighted by Gasteiger charge is 2.17.